The molecule has 1 aliphatic rings. The lowest BCUT2D eigenvalue weighted by atomic mass is 10.00. The standard InChI is InChI=1S/C34H42N6O3/c1-4-27-25(23-40-16-14-39(15-17-40)22-24-10-12-36-13-11-24)8-7-9-29(27)38-34-26(18-33(35)41)21-37-30-20-32(43-6-3)31(42-5-2)19-28(30)34/h7-13,19-21H,4-6,14-18,22-23H2,1-3H3,(H2,35,41)(H,37,38). The van der Waals surface area contributed by atoms with Gasteiger partial charge in [0.2, 0.25) is 5.91 Å². The van der Waals surface area contributed by atoms with Crippen molar-refractivity contribution in [3.05, 3.63) is 83.3 Å². The Labute approximate surface area is 254 Å². The highest BCUT2D eigenvalue weighted by Crippen LogP contribution is 2.38. The third kappa shape index (κ3) is 7.42. The number of primary amides is 1. The van der Waals surface area contributed by atoms with E-state index in [-0.39, 0.29) is 6.42 Å². The van der Waals surface area contributed by atoms with E-state index in [1.807, 2.05) is 38.4 Å². The zero-order valence-corrected chi connectivity index (χ0v) is 25.4. The van der Waals surface area contributed by atoms with Crippen molar-refractivity contribution in [3.8, 4) is 11.5 Å². The molecule has 226 valence electrons. The van der Waals surface area contributed by atoms with Gasteiger partial charge in [-0.1, -0.05) is 19.1 Å². The Bertz CT molecular complexity index is 1540. The van der Waals surface area contributed by atoms with Gasteiger partial charge in [-0.3, -0.25) is 24.6 Å². The number of anilines is 2. The largest absolute Gasteiger partial charge is 0.490 e. The lowest BCUT2D eigenvalue weighted by Crippen LogP contribution is -2.45. The second kappa shape index (κ2) is 14.3. The zero-order valence-electron chi connectivity index (χ0n) is 25.4. The van der Waals surface area contributed by atoms with Crippen LogP contribution in [-0.4, -0.2) is 65.1 Å². The van der Waals surface area contributed by atoms with Crippen LogP contribution >= 0.6 is 0 Å². The average Bonchev–Trinajstić information content (AvgIpc) is 3.00. The van der Waals surface area contributed by atoms with Gasteiger partial charge in [-0.2, -0.15) is 0 Å². The highest BCUT2D eigenvalue weighted by molar-refractivity contribution is 5.98. The van der Waals surface area contributed by atoms with Crippen molar-refractivity contribution in [1.82, 2.24) is 19.8 Å². The number of ether oxygens (including phenoxy) is 2. The molecule has 2 aromatic carbocycles. The normalized spacial score (nSPS) is 14.1. The molecule has 9 heteroatoms. The average molecular weight is 583 g/mol. The van der Waals surface area contributed by atoms with Gasteiger partial charge in [0.05, 0.1) is 30.8 Å². The number of hydrogen-bond donors (Lipinski definition) is 2. The van der Waals surface area contributed by atoms with Crippen LogP contribution in [0.3, 0.4) is 0 Å². The molecule has 0 bridgehead atoms. The van der Waals surface area contributed by atoms with Crippen LogP contribution in [0.25, 0.3) is 10.9 Å². The van der Waals surface area contributed by atoms with Crippen LogP contribution in [0.2, 0.25) is 0 Å². The summed E-state index contributed by atoms with van der Waals surface area (Å²) in [5, 5.41) is 4.55. The van der Waals surface area contributed by atoms with E-state index in [0.717, 1.165) is 73.5 Å². The Balaban J connectivity index is 1.41. The molecule has 4 aromatic rings. The molecule has 43 heavy (non-hydrogen) atoms. The number of pyridine rings is 2. The van der Waals surface area contributed by atoms with E-state index in [9.17, 15) is 4.79 Å². The summed E-state index contributed by atoms with van der Waals surface area (Å²) in [5.41, 5.74) is 12.8. The quantitative estimate of drug-likeness (QED) is 0.225. The molecule has 0 spiro atoms. The van der Waals surface area contributed by atoms with Gasteiger partial charge in [-0.05, 0) is 61.2 Å². The van der Waals surface area contributed by atoms with Gasteiger partial charge in [0, 0.05) is 80.6 Å². The van der Waals surface area contributed by atoms with Crippen molar-refractivity contribution in [2.75, 3.05) is 44.7 Å². The van der Waals surface area contributed by atoms with Crippen LogP contribution in [0.5, 0.6) is 11.5 Å². The number of amides is 1. The Morgan fingerprint density at radius 1 is 0.907 bits per heavy atom. The number of carbonyl (C=O) groups is 1. The maximum absolute atomic E-state index is 12.1. The van der Waals surface area contributed by atoms with Crippen LogP contribution < -0.4 is 20.5 Å². The van der Waals surface area contributed by atoms with Crippen molar-refractivity contribution in [2.45, 2.75) is 46.7 Å². The Kier molecular flexibility index (Phi) is 10.1. The molecule has 2 aromatic heterocycles. The minimum absolute atomic E-state index is 0.0768. The maximum Gasteiger partial charge on any atom is 0.221 e. The molecule has 1 saturated heterocycles. The summed E-state index contributed by atoms with van der Waals surface area (Å²) in [6, 6.07) is 14.5. The lowest BCUT2D eigenvalue weighted by Gasteiger charge is -2.35. The third-order valence-corrected chi connectivity index (χ3v) is 7.88. The third-order valence-electron chi connectivity index (χ3n) is 7.88. The van der Waals surface area contributed by atoms with E-state index in [1.54, 1.807) is 6.20 Å². The summed E-state index contributed by atoms with van der Waals surface area (Å²) in [6.07, 6.45) is 6.40. The molecule has 0 atom stereocenters. The number of piperazine rings is 1. The monoisotopic (exact) mass is 582 g/mol. The number of benzene rings is 2. The van der Waals surface area contributed by atoms with Crippen molar-refractivity contribution in [1.29, 1.82) is 0 Å². The van der Waals surface area contributed by atoms with Gasteiger partial charge in [-0.15, -0.1) is 0 Å². The second-order valence-corrected chi connectivity index (χ2v) is 10.8. The van der Waals surface area contributed by atoms with E-state index in [1.165, 1.54) is 16.7 Å². The summed E-state index contributed by atoms with van der Waals surface area (Å²) >= 11 is 0. The molecule has 3 N–H and O–H groups in total. The Hall–Kier alpha value is -4.21. The number of fused-ring (bicyclic) bond motifs is 1. The fourth-order valence-corrected chi connectivity index (χ4v) is 5.79. The summed E-state index contributed by atoms with van der Waals surface area (Å²) in [6.45, 7) is 13.1. The van der Waals surface area contributed by atoms with Gasteiger partial charge in [0.25, 0.3) is 0 Å². The molecule has 0 aliphatic carbocycles. The topological polar surface area (TPSA) is 106 Å². The summed E-state index contributed by atoms with van der Waals surface area (Å²) < 4.78 is 11.8. The SMILES string of the molecule is CCOc1cc2ncc(CC(N)=O)c(Nc3cccc(CN4CCN(Cc5ccncc5)CC4)c3CC)c2cc1OCC. The first kappa shape index (κ1) is 30.3. The summed E-state index contributed by atoms with van der Waals surface area (Å²) in [5.74, 6) is 0.883. The van der Waals surface area contributed by atoms with E-state index in [4.69, 9.17) is 15.2 Å². The van der Waals surface area contributed by atoms with Crippen molar-refractivity contribution in [3.63, 3.8) is 0 Å². The van der Waals surface area contributed by atoms with Crippen molar-refractivity contribution in [2.24, 2.45) is 5.73 Å². The van der Waals surface area contributed by atoms with E-state index in [2.05, 4.69) is 62.3 Å². The van der Waals surface area contributed by atoms with Gasteiger partial charge < -0.3 is 20.5 Å². The van der Waals surface area contributed by atoms with Crippen LogP contribution in [0.4, 0.5) is 11.4 Å². The number of carbonyl (C=O) groups excluding carboxylic acids is 1. The van der Waals surface area contributed by atoms with Crippen LogP contribution in [-0.2, 0) is 30.7 Å². The summed E-state index contributed by atoms with van der Waals surface area (Å²) in [7, 11) is 0. The fourth-order valence-electron chi connectivity index (χ4n) is 5.79. The first-order valence-electron chi connectivity index (χ1n) is 15.2. The first-order chi connectivity index (χ1) is 21.0. The molecule has 0 saturated carbocycles. The number of nitrogens with one attached hydrogen (secondary N) is 1. The van der Waals surface area contributed by atoms with Gasteiger partial charge in [0.1, 0.15) is 0 Å². The van der Waals surface area contributed by atoms with Crippen LogP contribution in [0.1, 0.15) is 43.0 Å². The zero-order chi connectivity index (χ0) is 30.2. The minimum Gasteiger partial charge on any atom is -0.490 e. The maximum atomic E-state index is 12.1. The molecule has 3 heterocycles. The minimum atomic E-state index is -0.410. The predicted octanol–water partition coefficient (Wildman–Crippen LogP) is 5.08. The lowest BCUT2D eigenvalue weighted by molar-refractivity contribution is -0.117. The van der Waals surface area contributed by atoms with E-state index < -0.39 is 5.91 Å². The fraction of sp³-hybridized carbons (Fsp3) is 0.382. The number of rotatable bonds is 13. The molecule has 1 amide bonds. The Morgan fingerprint density at radius 3 is 2.23 bits per heavy atom. The smallest absolute Gasteiger partial charge is 0.221 e. The molecule has 1 fully saturated rings. The van der Waals surface area contributed by atoms with Gasteiger partial charge in [-0.25, -0.2) is 0 Å². The molecule has 9 nitrogen and oxygen atoms in total. The predicted molar refractivity (Wildman–Crippen MR) is 171 cm³/mol. The molecular weight excluding hydrogens is 540 g/mol. The van der Waals surface area contributed by atoms with E-state index in [0.29, 0.717) is 24.7 Å². The molecule has 0 unspecified atom stereocenters. The highest BCUT2D eigenvalue weighted by atomic mass is 16.5. The second-order valence-electron chi connectivity index (χ2n) is 10.8. The number of nitrogens with two attached hydrogens (primary N) is 1. The highest BCUT2D eigenvalue weighted by Gasteiger charge is 2.20. The van der Waals surface area contributed by atoms with Gasteiger partial charge >= 0.3 is 0 Å². The van der Waals surface area contributed by atoms with Gasteiger partial charge in [0.15, 0.2) is 11.5 Å². The van der Waals surface area contributed by atoms with E-state index >= 15 is 0 Å². The number of nitrogens with zero attached hydrogens (tertiary/aromatic N) is 4. The first-order valence-corrected chi connectivity index (χ1v) is 15.2. The van der Waals surface area contributed by atoms with Crippen LogP contribution in [0.15, 0.2) is 61.1 Å². The van der Waals surface area contributed by atoms with Crippen molar-refractivity contribution >= 4 is 28.2 Å². The van der Waals surface area contributed by atoms with Crippen LogP contribution in [0, 0.1) is 0 Å². The molecule has 0 radical (unpaired) electrons. The number of aromatic nitrogens is 2. The molecule has 1 aliphatic heterocycles. The Morgan fingerprint density at radius 2 is 1.58 bits per heavy atom. The molecule has 5 rings (SSSR count). The number of hydrogen-bond acceptors (Lipinski definition) is 8. The summed E-state index contributed by atoms with van der Waals surface area (Å²) in [4.78, 5) is 25.9. The van der Waals surface area contributed by atoms with Crippen molar-refractivity contribution < 1.29 is 14.3 Å². The molecular formula is C34H42N6O3.